The molecule has 1 aromatic heterocycles. The molecule has 0 saturated heterocycles. The number of nitrogens with one attached hydrogen (secondary N) is 1. The molecule has 0 aliphatic heterocycles. The fourth-order valence-corrected chi connectivity index (χ4v) is 1.72. The molecule has 0 saturated carbocycles. The van der Waals surface area contributed by atoms with Crippen LogP contribution in [0.15, 0.2) is 24.3 Å². The Morgan fingerprint density at radius 3 is 2.70 bits per heavy atom. The molecule has 20 heavy (non-hydrogen) atoms. The largest absolute Gasteiger partial charge is 0.438 e. The molecule has 1 aromatic carbocycles. The van der Waals surface area contributed by atoms with Crippen LogP contribution in [0, 0.1) is 24.0 Å². The van der Waals surface area contributed by atoms with Crippen LogP contribution in [0.3, 0.4) is 0 Å². The van der Waals surface area contributed by atoms with E-state index in [-0.39, 0.29) is 5.69 Å². The number of nitrogens with zero attached hydrogens (tertiary/aromatic N) is 3. The summed E-state index contributed by atoms with van der Waals surface area (Å²) in [6, 6.07) is 5.97. The van der Waals surface area contributed by atoms with E-state index < -0.39 is 4.92 Å². The smallest absolute Gasteiger partial charge is 0.273 e. The highest BCUT2D eigenvalue weighted by atomic mass is 16.6. The summed E-state index contributed by atoms with van der Waals surface area (Å²) >= 11 is 0. The van der Waals surface area contributed by atoms with Crippen LogP contribution >= 0.6 is 0 Å². The Morgan fingerprint density at radius 2 is 2.05 bits per heavy atom. The van der Waals surface area contributed by atoms with E-state index in [1.165, 1.54) is 12.1 Å². The Labute approximate surface area is 115 Å². The van der Waals surface area contributed by atoms with Gasteiger partial charge in [-0.2, -0.15) is 4.98 Å². The minimum absolute atomic E-state index is 0.0280. The number of non-ortho nitro benzene ring substituents is 1. The van der Waals surface area contributed by atoms with Crippen molar-refractivity contribution < 1.29 is 9.66 Å². The molecule has 2 aromatic rings. The maximum atomic E-state index is 10.7. The lowest BCUT2D eigenvalue weighted by Crippen LogP contribution is -2.03. The van der Waals surface area contributed by atoms with Crippen LogP contribution in [0.5, 0.6) is 11.6 Å². The first-order chi connectivity index (χ1) is 9.51. The zero-order valence-corrected chi connectivity index (χ0v) is 11.4. The van der Waals surface area contributed by atoms with Gasteiger partial charge in [-0.25, -0.2) is 4.98 Å². The minimum Gasteiger partial charge on any atom is -0.438 e. The van der Waals surface area contributed by atoms with Crippen molar-refractivity contribution in [3.8, 4) is 11.6 Å². The average molecular weight is 274 g/mol. The van der Waals surface area contributed by atoms with Gasteiger partial charge >= 0.3 is 0 Å². The summed E-state index contributed by atoms with van der Waals surface area (Å²) in [6.45, 7) is 3.57. The van der Waals surface area contributed by atoms with Gasteiger partial charge in [0.05, 0.1) is 16.6 Å². The molecular formula is C13H14N4O3. The van der Waals surface area contributed by atoms with Crippen LogP contribution in [0.1, 0.15) is 11.4 Å². The van der Waals surface area contributed by atoms with Gasteiger partial charge in [0.1, 0.15) is 17.4 Å². The molecule has 0 bridgehead atoms. The topological polar surface area (TPSA) is 90.2 Å². The van der Waals surface area contributed by atoms with Gasteiger partial charge in [-0.05, 0) is 19.9 Å². The van der Waals surface area contributed by atoms with Crippen LogP contribution in [-0.4, -0.2) is 21.9 Å². The minimum atomic E-state index is -0.468. The van der Waals surface area contributed by atoms with Gasteiger partial charge in [-0.15, -0.1) is 0 Å². The number of nitro groups is 1. The van der Waals surface area contributed by atoms with Gasteiger partial charge in [-0.1, -0.05) is 6.07 Å². The zero-order chi connectivity index (χ0) is 14.7. The van der Waals surface area contributed by atoms with Crippen molar-refractivity contribution in [1.82, 2.24) is 9.97 Å². The summed E-state index contributed by atoms with van der Waals surface area (Å²) in [5.41, 5.74) is 0.712. The average Bonchev–Trinajstić information content (AvgIpc) is 2.42. The molecular weight excluding hydrogens is 260 g/mol. The Balaban J connectivity index is 2.37. The number of aromatic nitrogens is 2. The molecule has 7 heteroatoms. The number of hydrogen-bond acceptors (Lipinski definition) is 6. The lowest BCUT2D eigenvalue weighted by molar-refractivity contribution is -0.384. The first-order valence-corrected chi connectivity index (χ1v) is 5.96. The van der Waals surface area contributed by atoms with Crippen molar-refractivity contribution in [1.29, 1.82) is 0 Å². The van der Waals surface area contributed by atoms with Crippen molar-refractivity contribution in [3.05, 3.63) is 45.8 Å². The standard InChI is InChI=1S/C13H14N4O3/c1-8-12(14-3)15-9(2)16-13(8)20-11-6-4-5-10(7-11)17(18)19/h4-7H,1-3H3,(H,14,15,16). The zero-order valence-electron chi connectivity index (χ0n) is 11.4. The van der Waals surface area contributed by atoms with E-state index in [2.05, 4.69) is 15.3 Å². The van der Waals surface area contributed by atoms with Crippen LogP contribution < -0.4 is 10.1 Å². The Morgan fingerprint density at radius 1 is 1.30 bits per heavy atom. The monoisotopic (exact) mass is 274 g/mol. The van der Waals surface area contributed by atoms with Crippen molar-refractivity contribution >= 4 is 11.5 Å². The maximum absolute atomic E-state index is 10.7. The highest BCUT2D eigenvalue weighted by Crippen LogP contribution is 2.28. The number of aryl methyl sites for hydroxylation is 1. The lowest BCUT2D eigenvalue weighted by Gasteiger charge is -2.11. The van der Waals surface area contributed by atoms with E-state index in [0.29, 0.717) is 23.3 Å². The second kappa shape index (κ2) is 5.52. The molecule has 0 unspecified atom stereocenters. The molecule has 0 atom stereocenters. The van der Waals surface area contributed by atoms with E-state index in [4.69, 9.17) is 4.74 Å². The molecule has 0 amide bonds. The highest BCUT2D eigenvalue weighted by Gasteiger charge is 2.12. The van der Waals surface area contributed by atoms with Crippen molar-refractivity contribution in [2.45, 2.75) is 13.8 Å². The van der Waals surface area contributed by atoms with Crippen LogP contribution in [0.2, 0.25) is 0 Å². The third-order valence-corrected chi connectivity index (χ3v) is 2.69. The third-order valence-electron chi connectivity index (χ3n) is 2.69. The van der Waals surface area contributed by atoms with Gasteiger partial charge in [0, 0.05) is 13.1 Å². The quantitative estimate of drug-likeness (QED) is 0.681. The molecule has 7 nitrogen and oxygen atoms in total. The van der Waals surface area contributed by atoms with Gasteiger partial charge in [0.15, 0.2) is 0 Å². The fourth-order valence-electron chi connectivity index (χ4n) is 1.72. The Kier molecular flexibility index (Phi) is 3.79. The number of rotatable bonds is 4. The third kappa shape index (κ3) is 2.82. The van der Waals surface area contributed by atoms with Crippen molar-refractivity contribution in [2.75, 3.05) is 12.4 Å². The molecule has 2 rings (SSSR count). The summed E-state index contributed by atoms with van der Waals surface area (Å²) < 4.78 is 5.63. The first kappa shape index (κ1) is 13.7. The number of benzene rings is 1. The second-order valence-corrected chi connectivity index (χ2v) is 4.16. The number of anilines is 1. The molecule has 0 aliphatic carbocycles. The predicted octanol–water partition coefficient (Wildman–Crippen LogP) is 2.84. The number of nitro benzene ring substituents is 1. The fraction of sp³-hybridized carbons (Fsp3) is 0.231. The summed E-state index contributed by atoms with van der Waals surface area (Å²) in [7, 11) is 1.76. The maximum Gasteiger partial charge on any atom is 0.273 e. The molecule has 0 spiro atoms. The highest BCUT2D eigenvalue weighted by molar-refractivity contribution is 5.49. The van der Waals surface area contributed by atoms with Gasteiger partial charge in [0.25, 0.3) is 5.69 Å². The Bertz CT molecular complexity index is 658. The first-order valence-electron chi connectivity index (χ1n) is 5.96. The van der Waals surface area contributed by atoms with E-state index >= 15 is 0 Å². The number of ether oxygens (including phenoxy) is 1. The molecule has 0 aliphatic rings. The van der Waals surface area contributed by atoms with Crippen molar-refractivity contribution in [3.63, 3.8) is 0 Å². The molecule has 1 heterocycles. The molecule has 0 radical (unpaired) electrons. The van der Waals surface area contributed by atoms with E-state index in [1.807, 2.05) is 6.92 Å². The summed E-state index contributed by atoms with van der Waals surface area (Å²) in [4.78, 5) is 18.7. The summed E-state index contributed by atoms with van der Waals surface area (Å²) in [5, 5.41) is 13.7. The van der Waals surface area contributed by atoms with E-state index in [1.54, 1.807) is 26.1 Å². The van der Waals surface area contributed by atoms with Crippen LogP contribution in [0.25, 0.3) is 0 Å². The Hall–Kier alpha value is -2.70. The number of hydrogen-bond donors (Lipinski definition) is 1. The van der Waals surface area contributed by atoms with E-state index in [0.717, 1.165) is 5.56 Å². The predicted molar refractivity (Wildman–Crippen MR) is 74.2 cm³/mol. The molecule has 0 fully saturated rings. The summed E-state index contributed by atoms with van der Waals surface area (Å²) in [6.07, 6.45) is 0. The van der Waals surface area contributed by atoms with Gasteiger partial charge in [-0.3, -0.25) is 10.1 Å². The van der Waals surface area contributed by atoms with Gasteiger partial charge < -0.3 is 10.1 Å². The summed E-state index contributed by atoms with van der Waals surface area (Å²) in [5.74, 6) is 1.96. The molecule has 104 valence electrons. The molecule has 1 N–H and O–H groups in total. The SMILES string of the molecule is CNc1nc(C)nc(Oc2cccc([N+](=O)[O-])c2)c1C. The lowest BCUT2D eigenvalue weighted by atomic mass is 10.3. The van der Waals surface area contributed by atoms with E-state index in [9.17, 15) is 10.1 Å². The van der Waals surface area contributed by atoms with Gasteiger partial charge in [0.2, 0.25) is 5.88 Å². The normalized spacial score (nSPS) is 10.2. The van der Waals surface area contributed by atoms with Crippen LogP contribution in [0.4, 0.5) is 11.5 Å². The van der Waals surface area contributed by atoms with Crippen LogP contribution in [-0.2, 0) is 0 Å². The second-order valence-electron chi connectivity index (χ2n) is 4.16. The van der Waals surface area contributed by atoms with Crippen molar-refractivity contribution in [2.24, 2.45) is 0 Å².